The third kappa shape index (κ3) is 1.86. The highest BCUT2D eigenvalue weighted by atomic mass is 16.3. The third-order valence-electron chi connectivity index (χ3n) is 2.14. The molecule has 1 aromatic rings. The average Bonchev–Trinajstić information content (AvgIpc) is 2.03. The van der Waals surface area contributed by atoms with Crippen molar-refractivity contribution in [1.82, 2.24) is 0 Å². The van der Waals surface area contributed by atoms with Crippen LogP contribution in [0.1, 0.15) is 36.5 Å². The summed E-state index contributed by atoms with van der Waals surface area (Å²) >= 11 is 0. The van der Waals surface area contributed by atoms with E-state index < -0.39 is 0 Å². The van der Waals surface area contributed by atoms with Gasteiger partial charge in [0.25, 0.3) is 0 Å². The van der Waals surface area contributed by atoms with Crippen LogP contribution in [0.15, 0.2) is 18.2 Å². The third-order valence-corrected chi connectivity index (χ3v) is 2.14. The number of rotatable bonds is 2. The lowest BCUT2D eigenvalue weighted by atomic mass is 9.96. The zero-order valence-electron chi connectivity index (χ0n) is 7.96. The molecule has 12 heavy (non-hydrogen) atoms. The number of hydrogen-bond donors (Lipinski definition) is 1. The number of benzene rings is 1. The molecule has 0 saturated heterocycles. The van der Waals surface area contributed by atoms with Crippen LogP contribution in [0.2, 0.25) is 0 Å². The van der Waals surface area contributed by atoms with Crippen LogP contribution in [0.3, 0.4) is 0 Å². The summed E-state index contributed by atoms with van der Waals surface area (Å²) in [6, 6.07) is 6.14. The number of aryl methyl sites for hydroxylation is 1. The second kappa shape index (κ2) is 3.72. The van der Waals surface area contributed by atoms with E-state index in [9.17, 15) is 0 Å². The monoisotopic (exact) mass is 164 g/mol. The van der Waals surface area contributed by atoms with E-state index in [1.807, 2.05) is 6.07 Å². The summed E-state index contributed by atoms with van der Waals surface area (Å²) in [6.07, 6.45) is 0. The van der Waals surface area contributed by atoms with Gasteiger partial charge in [-0.1, -0.05) is 32.0 Å². The van der Waals surface area contributed by atoms with Gasteiger partial charge in [-0.15, -0.1) is 0 Å². The molecule has 0 amide bonds. The van der Waals surface area contributed by atoms with Gasteiger partial charge in [0.05, 0.1) is 6.61 Å². The van der Waals surface area contributed by atoms with Gasteiger partial charge in [-0.25, -0.2) is 0 Å². The molecule has 0 saturated carbocycles. The molecule has 0 fully saturated rings. The van der Waals surface area contributed by atoms with Crippen LogP contribution in [0.25, 0.3) is 0 Å². The Kier molecular flexibility index (Phi) is 2.88. The van der Waals surface area contributed by atoms with Gasteiger partial charge in [0.2, 0.25) is 0 Å². The molecule has 0 aliphatic heterocycles. The van der Waals surface area contributed by atoms with Crippen LogP contribution in [-0.2, 0) is 6.61 Å². The lowest BCUT2D eigenvalue weighted by Gasteiger charge is -2.10. The van der Waals surface area contributed by atoms with E-state index >= 15 is 0 Å². The molecule has 66 valence electrons. The van der Waals surface area contributed by atoms with E-state index in [1.165, 1.54) is 11.1 Å². The lowest BCUT2D eigenvalue weighted by Crippen LogP contribution is -1.93. The maximum Gasteiger partial charge on any atom is 0.0681 e. The van der Waals surface area contributed by atoms with Crippen LogP contribution < -0.4 is 0 Å². The van der Waals surface area contributed by atoms with Crippen LogP contribution in [0.5, 0.6) is 0 Å². The Morgan fingerprint density at radius 1 is 1.33 bits per heavy atom. The zero-order valence-corrected chi connectivity index (χ0v) is 7.96. The Hall–Kier alpha value is -0.820. The maximum absolute atomic E-state index is 8.89. The molecule has 0 atom stereocenters. The first-order valence-corrected chi connectivity index (χ1v) is 4.35. The predicted octanol–water partition coefficient (Wildman–Crippen LogP) is 2.61. The summed E-state index contributed by atoms with van der Waals surface area (Å²) in [5.74, 6) is 0.567. The van der Waals surface area contributed by atoms with Crippen molar-refractivity contribution in [3.63, 3.8) is 0 Å². The van der Waals surface area contributed by atoms with Crippen LogP contribution in [-0.4, -0.2) is 5.11 Å². The average molecular weight is 164 g/mol. The Morgan fingerprint density at radius 2 is 2.00 bits per heavy atom. The molecule has 0 heterocycles. The summed E-state index contributed by atoms with van der Waals surface area (Å²) in [5, 5.41) is 8.89. The van der Waals surface area contributed by atoms with E-state index in [4.69, 9.17) is 5.11 Å². The van der Waals surface area contributed by atoms with Crippen molar-refractivity contribution in [3.8, 4) is 0 Å². The van der Waals surface area contributed by atoms with Crippen LogP contribution >= 0.6 is 0 Å². The fourth-order valence-corrected chi connectivity index (χ4v) is 1.48. The summed E-state index contributed by atoms with van der Waals surface area (Å²) in [6.45, 7) is 6.59. The van der Waals surface area contributed by atoms with Gasteiger partial charge in [0.15, 0.2) is 0 Å². The second-order valence-electron chi connectivity index (χ2n) is 3.50. The first kappa shape index (κ1) is 9.27. The van der Waals surface area contributed by atoms with Gasteiger partial charge >= 0.3 is 0 Å². The van der Waals surface area contributed by atoms with E-state index in [-0.39, 0.29) is 6.61 Å². The second-order valence-corrected chi connectivity index (χ2v) is 3.50. The van der Waals surface area contributed by atoms with Crippen LogP contribution in [0.4, 0.5) is 0 Å². The molecule has 1 N–H and O–H groups in total. The minimum absolute atomic E-state index is 0.138. The van der Waals surface area contributed by atoms with Gasteiger partial charge in [0, 0.05) is 0 Å². The molecule has 1 aromatic carbocycles. The molecule has 0 bridgehead atoms. The van der Waals surface area contributed by atoms with Gasteiger partial charge in [-0.05, 0) is 29.5 Å². The molecule has 0 spiro atoms. The Balaban J connectivity index is 3.03. The summed E-state index contributed by atoms with van der Waals surface area (Å²) in [5.41, 5.74) is 3.64. The summed E-state index contributed by atoms with van der Waals surface area (Å²) in [4.78, 5) is 0. The molecule has 1 heteroatoms. The highest BCUT2D eigenvalue weighted by molar-refractivity contribution is 5.32. The molecule has 0 aliphatic carbocycles. The first-order valence-electron chi connectivity index (χ1n) is 4.35. The topological polar surface area (TPSA) is 20.2 Å². The molecule has 0 unspecified atom stereocenters. The number of aliphatic hydroxyl groups excluding tert-OH is 1. The highest BCUT2D eigenvalue weighted by Gasteiger charge is 2.02. The van der Waals surface area contributed by atoms with Crippen LogP contribution in [0, 0.1) is 6.92 Å². The largest absolute Gasteiger partial charge is 0.392 e. The van der Waals surface area contributed by atoms with Crippen molar-refractivity contribution < 1.29 is 5.11 Å². The lowest BCUT2D eigenvalue weighted by molar-refractivity contribution is 0.281. The van der Waals surface area contributed by atoms with E-state index in [0.717, 1.165) is 5.56 Å². The number of hydrogen-bond acceptors (Lipinski definition) is 1. The van der Waals surface area contributed by atoms with Crippen molar-refractivity contribution in [2.24, 2.45) is 0 Å². The smallest absolute Gasteiger partial charge is 0.0681 e. The van der Waals surface area contributed by atoms with E-state index in [0.29, 0.717) is 5.92 Å². The quantitative estimate of drug-likeness (QED) is 0.712. The Labute approximate surface area is 74.1 Å². The normalized spacial score (nSPS) is 10.8. The summed E-state index contributed by atoms with van der Waals surface area (Å²) in [7, 11) is 0. The van der Waals surface area contributed by atoms with Gasteiger partial charge in [-0.2, -0.15) is 0 Å². The van der Waals surface area contributed by atoms with Crippen molar-refractivity contribution in [1.29, 1.82) is 0 Å². The molecular formula is C11H16O. The molecule has 1 nitrogen and oxygen atoms in total. The van der Waals surface area contributed by atoms with Gasteiger partial charge in [0.1, 0.15) is 0 Å². The molecule has 0 radical (unpaired) electrons. The Morgan fingerprint density at radius 3 is 2.42 bits per heavy atom. The van der Waals surface area contributed by atoms with E-state index in [2.05, 4.69) is 32.9 Å². The van der Waals surface area contributed by atoms with Crippen molar-refractivity contribution in [3.05, 3.63) is 34.9 Å². The molecule has 0 aliphatic rings. The summed E-state index contributed by atoms with van der Waals surface area (Å²) < 4.78 is 0. The predicted molar refractivity (Wildman–Crippen MR) is 51.2 cm³/mol. The maximum atomic E-state index is 8.89. The SMILES string of the molecule is Cc1cc(CO)ccc1C(C)C. The first-order chi connectivity index (χ1) is 5.65. The standard InChI is InChI=1S/C11H16O/c1-8(2)11-5-4-10(7-12)6-9(11)3/h4-6,8,12H,7H2,1-3H3. The van der Waals surface area contributed by atoms with Gasteiger partial charge < -0.3 is 5.11 Å². The fourth-order valence-electron chi connectivity index (χ4n) is 1.48. The van der Waals surface area contributed by atoms with Crippen molar-refractivity contribution in [2.75, 3.05) is 0 Å². The minimum Gasteiger partial charge on any atom is -0.392 e. The number of aliphatic hydroxyl groups is 1. The van der Waals surface area contributed by atoms with E-state index in [1.54, 1.807) is 0 Å². The molecule has 0 aromatic heterocycles. The molecule has 1 rings (SSSR count). The zero-order chi connectivity index (χ0) is 9.14. The van der Waals surface area contributed by atoms with Crippen molar-refractivity contribution in [2.45, 2.75) is 33.3 Å². The fraction of sp³-hybridized carbons (Fsp3) is 0.455. The van der Waals surface area contributed by atoms with Crippen molar-refractivity contribution >= 4 is 0 Å². The van der Waals surface area contributed by atoms with Gasteiger partial charge in [-0.3, -0.25) is 0 Å². The molecular weight excluding hydrogens is 148 g/mol. The Bertz CT molecular complexity index is 264. The minimum atomic E-state index is 0.138. The highest BCUT2D eigenvalue weighted by Crippen LogP contribution is 2.19.